The molecule has 2 aromatic carbocycles. The van der Waals surface area contributed by atoms with Gasteiger partial charge in [0, 0.05) is 12.1 Å². The number of amides is 1. The highest BCUT2D eigenvalue weighted by atomic mass is 16.5. The van der Waals surface area contributed by atoms with Gasteiger partial charge in [-0.1, -0.05) is 6.07 Å². The summed E-state index contributed by atoms with van der Waals surface area (Å²) >= 11 is 0. The largest absolute Gasteiger partial charge is 0.493 e. The lowest BCUT2D eigenvalue weighted by molar-refractivity contribution is 0.0954. The van der Waals surface area contributed by atoms with Crippen LogP contribution in [-0.4, -0.2) is 26.7 Å². The predicted molar refractivity (Wildman–Crippen MR) is 86.7 cm³/mol. The van der Waals surface area contributed by atoms with Crippen molar-refractivity contribution in [2.45, 2.75) is 6.42 Å². The molecule has 5 nitrogen and oxygen atoms in total. The van der Waals surface area contributed by atoms with Crippen LogP contribution in [0.2, 0.25) is 0 Å². The molecule has 1 amide bonds. The molecule has 5 heteroatoms. The van der Waals surface area contributed by atoms with Crippen molar-refractivity contribution >= 4 is 5.91 Å². The van der Waals surface area contributed by atoms with Gasteiger partial charge in [-0.3, -0.25) is 4.79 Å². The van der Waals surface area contributed by atoms with Gasteiger partial charge in [0.1, 0.15) is 0 Å². The number of carbonyl (C=O) groups excluding carboxylic acids is 1. The lowest BCUT2D eigenvalue weighted by atomic mass is 10.1. The van der Waals surface area contributed by atoms with Gasteiger partial charge in [0.25, 0.3) is 5.91 Å². The number of rotatable bonds is 6. The Hall–Kier alpha value is -3.00. The minimum atomic E-state index is -0.157. The van der Waals surface area contributed by atoms with Gasteiger partial charge in [-0.2, -0.15) is 5.26 Å². The molecular weight excluding hydrogens is 292 g/mol. The van der Waals surface area contributed by atoms with Crippen LogP contribution in [0.3, 0.4) is 0 Å². The zero-order chi connectivity index (χ0) is 16.7. The Balaban J connectivity index is 1.91. The lowest BCUT2D eigenvalue weighted by Gasteiger charge is -2.10. The molecule has 0 unspecified atom stereocenters. The summed E-state index contributed by atoms with van der Waals surface area (Å²) in [5.41, 5.74) is 2.12. The van der Waals surface area contributed by atoms with Crippen LogP contribution in [0, 0.1) is 11.3 Å². The van der Waals surface area contributed by atoms with E-state index in [1.54, 1.807) is 38.5 Å². The summed E-state index contributed by atoms with van der Waals surface area (Å²) in [4.78, 5) is 12.0. The van der Waals surface area contributed by atoms with Gasteiger partial charge in [-0.05, 0) is 48.4 Å². The average molecular weight is 310 g/mol. The zero-order valence-corrected chi connectivity index (χ0v) is 13.1. The first-order chi connectivity index (χ1) is 11.2. The first kappa shape index (κ1) is 16.4. The number of nitrogens with zero attached hydrogens (tertiary/aromatic N) is 1. The van der Waals surface area contributed by atoms with Crippen LogP contribution >= 0.6 is 0 Å². The Morgan fingerprint density at radius 1 is 1.09 bits per heavy atom. The summed E-state index contributed by atoms with van der Waals surface area (Å²) in [6.45, 7) is 0.508. The molecule has 0 aliphatic rings. The number of nitrogens with one attached hydrogen (secondary N) is 1. The number of benzene rings is 2. The second kappa shape index (κ2) is 7.85. The van der Waals surface area contributed by atoms with Crippen LogP contribution in [0.5, 0.6) is 11.5 Å². The monoisotopic (exact) mass is 310 g/mol. The third kappa shape index (κ3) is 4.24. The number of hydrogen-bond donors (Lipinski definition) is 1. The van der Waals surface area contributed by atoms with Crippen LogP contribution in [0.25, 0.3) is 0 Å². The van der Waals surface area contributed by atoms with E-state index in [0.717, 1.165) is 5.56 Å². The number of methoxy groups -OCH3 is 2. The van der Waals surface area contributed by atoms with E-state index in [2.05, 4.69) is 5.32 Å². The standard InChI is InChI=1S/C18H18N2O3/c1-22-16-8-5-13(11-17(16)23-2)9-10-20-18(21)15-6-3-14(12-19)4-7-15/h3-8,11H,9-10H2,1-2H3,(H,20,21). The third-order valence-corrected chi connectivity index (χ3v) is 3.42. The van der Waals surface area contributed by atoms with Crippen LogP contribution < -0.4 is 14.8 Å². The van der Waals surface area contributed by atoms with Crippen molar-refractivity contribution in [1.29, 1.82) is 5.26 Å². The van der Waals surface area contributed by atoms with Crippen molar-refractivity contribution < 1.29 is 14.3 Å². The fraction of sp³-hybridized carbons (Fsp3) is 0.222. The topological polar surface area (TPSA) is 71.3 Å². The summed E-state index contributed by atoms with van der Waals surface area (Å²) in [5, 5.41) is 11.6. The predicted octanol–water partition coefficient (Wildman–Crippen LogP) is 2.55. The smallest absolute Gasteiger partial charge is 0.251 e. The fourth-order valence-electron chi connectivity index (χ4n) is 2.15. The van der Waals surface area contributed by atoms with Crippen LogP contribution in [0.15, 0.2) is 42.5 Å². The molecule has 0 aliphatic carbocycles. The summed E-state index contributed by atoms with van der Waals surface area (Å²) in [6, 6.07) is 14.2. The Kier molecular flexibility index (Phi) is 5.59. The summed E-state index contributed by atoms with van der Waals surface area (Å²) < 4.78 is 10.4. The fourth-order valence-corrected chi connectivity index (χ4v) is 2.15. The first-order valence-electron chi connectivity index (χ1n) is 7.17. The highest BCUT2D eigenvalue weighted by Crippen LogP contribution is 2.27. The quantitative estimate of drug-likeness (QED) is 0.890. The van der Waals surface area contributed by atoms with Gasteiger partial charge in [-0.25, -0.2) is 0 Å². The van der Waals surface area contributed by atoms with Gasteiger partial charge in [0.05, 0.1) is 25.9 Å². The molecule has 0 radical (unpaired) electrons. The van der Waals surface area contributed by atoms with E-state index in [-0.39, 0.29) is 5.91 Å². The molecule has 0 aromatic heterocycles. The summed E-state index contributed by atoms with van der Waals surface area (Å²) in [6.07, 6.45) is 0.683. The maximum atomic E-state index is 12.0. The van der Waals surface area contributed by atoms with E-state index in [4.69, 9.17) is 14.7 Å². The highest BCUT2D eigenvalue weighted by Gasteiger charge is 2.07. The molecule has 1 N–H and O–H groups in total. The molecule has 2 aromatic rings. The minimum absolute atomic E-state index is 0.157. The van der Waals surface area contributed by atoms with Gasteiger partial charge >= 0.3 is 0 Å². The van der Waals surface area contributed by atoms with Crippen molar-refractivity contribution in [3.05, 3.63) is 59.2 Å². The second-order valence-corrected chi connectivity index (χ2v) is 4.88. The van der Waals surface area contributed by atoms with Crippen molar-refractivity contribution in [2.75, 3.05) is 20.8 Å². The average Bonchev–Trinajstić information content (AvgIpc) is 2.61. The molecule has 2 rings (SSSR count). The van der Waals surface area contributed by atoms with Gasteiger partial charge in [0.15, 0.2) is 11.5 Å². The highest BCUT2D eigenvalue weighted by molar-refractivity contribution is 5.94. The minimum Gasteiger partial charge on any atom is -0.493 e. The molecule has 23 heavy (non-hydrogen) atoms. The van der Waals surface area contributed by atoms with Crippen molar-refractivity contribution in [3.63, 3.8) is 0 Å². The molecule has 0 fully saturated rings. The van der Waals surface area contributed by atoms with E-state index in [9.17, 15) is 4.79 Å². The van der Waals surface area contributed by atoms with Crippen LogP contribution in [0.1, 0.15) is 21.5 Å². The maximum Gasteiger partial charge on any atom is 0.251 e. The Morgan fingerprint density at radius 2 is 1.78 bits per heavy atom. The molecule has 0 spiro atoms. The maximum absolute atomic E-state index is 12.0. The molecule has 0 heterocycles. The SMILES string of the molecule is COc1ccc(CCNC(=O)c2ccc(C#N)cc2)cc1OC. The van der Waals surface area contributed by atoms with Gasteiger partial charge in [0.2, 0.25) is 0 Å². The van der Waals surface area contributed by atoms with E-state index in [1.807, 2.05) is 24.3 Å². The molecule has 0 saturated heterocycles. The first-order valence-corrected chi connectivity index (χ1v) is 7.17. The molecule has 0 atom stereocenters. The van der Waals surface area contributed by atoms with Crippen molar-refractivity contribution in [3.8, 4) is 17.6 Å². The van der Waals surface area contributed by atoms with E-state index >= 15 is 0 Å². The zero-order valence-electron chi connectivity index (χ0n) is 13.1. The number of ether oxygens (including phenoxy) is 2. The second-order valence-electron chi connectivity index (χ2n) is 4.88. The Bertz CT molecular complexity index is 718. The van der Waals surface area contributed by atoms with Gasteiger partial charge in [-0.15, -0.1) is 0 Å². The number of hydrogen-bond acceptors (Lipinski definition) is 4. The van der Waals surface area contributed by atoms with E-state index in [1.165, 1.54) is 0 Å². The number of carbonyl (C=O) groups is 1. The molecular formula is C18H18N2O3. The normalized spacial score (nSPS) is 9.78. The molecule has 0 aliphatic heterocycles. The van der Waals surface area contributed by atoms with E-state index < -0.39 is 0 Å². The van der Waals surface area contributed by atoms with Gasteiger partial charge < -0.3 is 14.8 Å². The van der Waals surface area contributed by atoms with Crippen molar-refractivity contribution in [1.82, 2.24) is 5.32 Å². The third-order valence-electron chi connectivity index (χ3n) is 3.42. The lowest BCUT2D eigenvalue weighted by Crippen LogP contribution is -2.25. The molecule has 0 saturated carbocycles. The van der Waals surface area contributed by atoms with Crippen LogP contribution in [0.4, 0.5) is 0 Å². The van der Waals surface area contributed by atoms with E-state index in [0.29, 0.717) is 35.6 Å². The Labute approximate surface area is 135 Å². The molecule has 0 bridgehead atoms. The Morgan fingerprint density at radius 3 is 2.39 bits per heavy atom. The van der Waals surface area contributed by atoms with Crippen LogP contribution in [-0.2, 0) is 6.42 Å². The number of nitriles is 1. The summed E-state index contributed by atoms with van der Waals surface area (Å²) in [5.74, 6) is 1.19. The molecule has 118 valence electrons. The van der Waals surface area contributed by atoms with Crippen molar-refractivity contribution in [2.24, 2.45) is 0 Å². The summed E-state index contributed by atoms with van der Waals surface area (Å²) in [7, 11) is 3.18.